The van der Waals surface area contributed by atoms with Crippen LogP contribution in [0, 0.1) is 5.92 Å². The molecule has 0 heterocycles. The van der Waals surface area contributed by atoms with Crippen molar-refractivity contribution in [3.05, 3.63) is 0 Å². The number of methoxy groups -OCH3 is 1. The van der Waals surface area contributed by atoms with Gasteiger partial charge in [-0.3, -0.25) is 0 Å². The van der Waals surface area contributed by atoms with Crippen LogP contribution in [0.3, 0.4) is 0 Å². The first-order chi connectivity index (χ1) is 8.24. The van der Waals surface area contributed by atoms with Gasteiger partial charge in [0.05, 0.1) is 19.3 Å². The number of rotatable bonds is 8. The Morgan fingerprint density at radius 1 is 1.12 bits per heavy atom. The molecule has 0 spiro atoms. The minimum absolute atomic E-state index is 0.223. The molecule has 1 aliphatic carbocycles. The molecule has 0 aromatic carbocycles. The summed E-state index contributed by atoms with van der Waals surface area (Å²) >= 11 is 0. The summed E-state index contributed by atoms with van der Waals surface area (Å²) in [5.74, 6) is 0.748. The topological polar surface area (TPSA) is 53.7 Å². The summed E-state index contributed by atoms with van der Waals surface area (Å²) in [6.07, 6.45) is 4.61. The lowest BCUT2D eigenvalue weighted by molar-refractivity contribution is -0.0109. The lowest BCUT2D eigenvalue weighted by Crippen LogP contribution is -2.41. The van der Waals surface area contributed by atoms with Gasteiger partial charge in [-0.1, -0.05) is 6.92 Å². The molecule has 4 nitrogen and oxygen atoms in total. The zero-order valence-corrected chi connectivity index (χ0v) is 11.2. The zero-order valence-electron chi connectivity index (χ0n) is 11.2. The fraction of sp³-hybridized carbons (Fsp3) is 1.00. The van der Waals surface area contributed by atoms with Gasteiger partial charge >= 0.3 is 0 Å². The molecule has 17 heavy (non-hydrogen) atoms. The fourth-order valence-electron chi connectivity index (χ4n) is 2.18. The molecule has 3 atom stereocenters. The Morgan fingerprint density at radius 2 is 1.94 bits per heavy atom. The molecule has 2 N–H and O–H groups in total. The van der Waals surface area contributed by atoms with Crippen molar-refractivity contribution in [1.29, 1.82) is 0 Å². The average molecular weight is 245 g/mol. The molecular formula is C13H27NO3. The fourth-order valence-corrected chi connectivity index (χ4v) is 2.18. The molecule has 3 unspecified atom stereocenters. The summed E-state index contributed by atoms with van der Waals surface area (Å²) in [6.45, 7) is 5.08. The van der Waals surface area contributed by atoms with E-state index in [1.165, 1.54) is 6.42 Å². The standard InChI is InChI=1S/C13H27NO3/c1-11-4-5-12(14)13(10-11)17-7-3-6-16-9-8-15-2/h11-13H,3-10,14H2,1-2H3. The molecule has 0 aromatic rings. The van der Waals surface area contributed by atoms with Gasteiger partial charge < -0.3 is 19.9 Å². The largest absolute Gasteiger partial charge is 0.382 e. The normalized spacial score (nSPS) is 29.5. The van der Waals surface area contributed by atoms with Crippen LogP contribution in [0.1, 0.15) is 32.6 Å². The third-order valence-corrected chi connectivity index (χ3v) is 3.30. The molecule has 0 radical (unpaired) electrons. The van der Waals surface area contributed by atoms with E-state index in [-0.39, 0.29) is 12.1 Å². The van der Waals surface area contributed by atoms with Crippen LogP contribution in [-0.2, 0) is 14.2 Å². The second-order valence-electron chi connectivity index (χ2n) is 4.95. The van der Waals surface area contributed by atoms with Gasteiger partial charge in [-0.15, -0.1) is 0 Å². The van der Waals surface area contributed by atoms with Gasteiger partial charge in [-0.2, -0.15) is 0 Å². The van der Waals surface area contributed by atoms with Crippen LogP contribution in [0.5, 0.6) is 0 Å². The van der Waals surface area contributed by atoms with E-state index in [9.17, 15) is 0 Å². The van der Waals surface area contributed by atoms with Gasteiger partial charge in [-0.05, 0) is 31.6 Å². The third kappa shape index (κ3) is 6.36. The van der Waals surface area contributed by atoms with E-state index in [1.807, 2.05) is 0 Å². The van der Waals surface area contributed by atoms with Crippen LogP contribution >= 0.6 is 0 Å². The Balaban J connectivity index is 1.97. The summed E-state index contributed by atoms with van der Waals surface area (Å²) in [6, 6.07) is 0.223. The predicted molar refractivity (Wildman–Crippen MR) is 68.0 cm³/mol. The Bertz CT molecular complexity index is 190. The van der Waals surface area contributed by atoms with Crippen molar-refractivity contribution in [2.45, 2.75) is 44.8 Å². The second kappa shape index (κ2) is 8.86. The van der Waals surface area contributed by atoms with Gasteiger partial charge in [0.25, 0.3) is 0 Å². The molecule has 0 bridgehead atoms. The molecule has 1 aliphatic rings. The van der Waals surface area contributed by atoms with Crippen LogP contribution < -0.4 is 5.73 Å². The van der Waals surface area contributed by atoms with Crippen molar-refractivity contribution in [1.82, 2.24) is 0 Å². The Hall–Kier alpha value is -0.160. The van der Waals surface area contributed by atoms with Gasteiger partial charge in [0, 0.05) is 26.4 Å². The van der Waals surface area contributed by atoms with Crippen molar-refractivity contribution in [2.24, 2.45) is 11.7 Å². The molecule has 0 aromatic heterocycles. The molecule has 1 fully saturated rings. The molecular weight excluding hydrogens is 218 g/mol. The quantitative estimate of drug-likeness (QED) is 0.660. The maximum Gasteiger partial charge on any atom is 0.0728 e. The van der Waals surface area contributed by atoms with Crippen molar-refractivity contribution in [3.63, 3.8) is 0 Å². The first-order valence-electron chi connectivity index (χ1n) is 6.68. The first-order valence-corrected chi connectivity index (χ1v) is 6.68. The van der Waals surface area contributed by atoms with Gasteiger partial charge in [-0.25, -0.2) is 0 Å². The summed E-state index contributed by atoms with van der Waals surface area (Å²) in [5, 5.41) is 0. The first kappa shape index (κ1) is 14.9. The summed E-state index contributed by atoms with van der Waals surface area (Å²) in [7, 11) is 1.68. The average Bonchev–Trinajstić information content (AvgIpc) is 2.32. The highest BCUT2D eigenvalue weighted by atomic mass is 16.5. The van der Waals surface area contributed by atoms with Crippen LogP contribution in [0.25, 0.3) is 0 Å². The van der Waals surface area contributed by atoms with Crippen LogP contribution in [0.15, 0.2) is 0 Å². The van der Waals surface area contributed by atoms with Crippen LogP contribution in [-0.4, -0.2) is 45.7 Å². The zero-order chi connectivity index (χ0) is 12.5. The smallest absolute Gasteiger partial charge is 0.0728 e. The van der Waals surface area contributed by atoms with Crippen molar-refractivity contribution >= 4 is 0 Å². The highest BCUT2D eigenvalue weighted by Crippen LogP contribution is 2.25. The predicted octanol–water partition coefficient (Wildman–Crippen LogP) is 1.57. The Kier molecular flexibility index (Phi) is 7.77. The molecule has 0 aliphatic heterocycles. The highest BCUT2D eigenvalue weighted by molar-refractivity contribution is 4.81. The lowest BCUT2D eigenvalue weighted by atomic mass is 9.85. The maximum atomic E-state index is 6.05. The van der Waals surface area contributed by atoms with E-state index in [1.54, 1.807) is 7.11 Å². The SMILES string of the molecule is COCCOCCCOC1CC(C)CCC1N. The van der Waals surface area contributed by atoms with Crippen LogP contribution in [0.2, 0.25) is 0 Å². The van der Waals surface area contributed by atoms with E-state index in [4.69, 9.17) is 19.9 Å². The number of hydrogen-bond donors (Lipinski definition) is 1. The molecule has 4 heteroatoms. The minimum atomic E-state index is 0.223. The Morgan fingerprint density at radius 3 is 2.71 bits per heavy atom. The molecule has 1 rings (SSSR count). The second-order valence-corrected chi connectivity index (χ2v) is 4.95. The van der Waals surface area contributed by atoms with E-state index < -0.39 is 0 Å². The summed E-state index contributed by atoms with van der Waals surface area (Å²) in [4.78, 5) is 0. The highest BCUT2D eigenvalue weighted by Gasteiger charge is 2.26. The van der Waals surface area contributed by atoms with E-state index in [0.29, 0.717) is 13.2 Å². The van der Waals surface area contributed by atoms with Gasteiger partial charge in [0.1, 0.15) is 0 Å². The van der Waals surface area contributed by atoms with E-state index >= 15 is 0 Å². The lowest BCUT2D eigenvalue weighted by Gasteiger charge is -2.32. The summed E-state index contributed by atoms with van der Waals surface area (Å²) < 4.78 is 16.1. The van der Waals surface area contributed by atoms with Crippen LogP contribution in [0.4, 0.5) is 0 Å². The molecule has 1 saturated carbocycles. The number of hydrogen-bond acceptors (Lipinski definition) is 4. The minimum Gasteiger partial charge on any atom is -0.382 e. The monoisotopic (exact) mass is 245 g/mol. The summed E-state index contributed by atoms with van der Waals surface area (Å²) in [5.41, 5.74) is 6.05. The van der Waals surface area contributed by atoms with Crippen molar-refractivity contribution in [2.75, 3.05) is 33.5 Å². The number of ether oxygens (including phenoxy) is 3. The van der Waals surface area contributed by atoms with Gasteiger partial charge in [0.15, 0.2) is 0 Å². The Labute approximate surface area is 105 Å². The molecule has 0 amide bonds. The maximum absolute atomic E-state index is 6.05. The van der Waals surface area contributed by atoms with Crippen molar-refractivity contribution in [3.8, 4) is 0 Å². The van der Waals surface area contributed by atoms with Crippen molar-refractivity contribution < 1.29 is 14.2 Å². The van der Waals surface area contributed by atoms with Gasteiger partial charge in [0.2, 0.25) is 0 Å². The number of nitrogens with two attached hydrogens (primary N) is 1. The molecule has 102 valence electrons. The van der Waals surface area contributed by atoms with E-state index in [2.05, 4.69) is 6.92 Å². The molecule has 0 saturated heterocycles. The van der Waals surface area contributed by atoms with E-state index in [0.717, 1.165) is 38.4 Å². The third-order valence-electron chi connectivity index (χ3n) is 3.30.